The number of amides is 2. The molecule has 6 heteroatoms. The van der Waals surface area contributed by atoms with Crippen molar-refractivity contribution in [1.29, 1.82) is 0 Å². The molecule has 0 aromatic heterocycles. The van der Waals surface area contributed by atoms with Gasteiger partial charge in [-0.05, 0) is 30.5 Å². The Morgan fingerprint density at radius 2 is 2.10 bits per heavy atom. The van der Waals surface area contributed by atoms with E-state index in [0.29, 0.717) is 13.0 Å². The van der Waals surface area contributed by atoms with E-state index < -0.39 is 11.7 Å². The number of aliphatic hydroxyl groups is 1. The van der Waals surface area contributed by atoms with Gasteiger partial charge in [0.05, 0.1) is 6.54 Å². The highest BCUT2D eigenvalue weighted by Crippen LogP contribution is 2.05. The van der Waals surface area contributed by atoms with E-state index in [1.807, 2.05) is 6.92 Å². The van der Waals surface area contributed by atoms with Crippen molar-refractivity contribution >= 4 is 11.8 Å². The fourth-order valence-corrected chi connectivity index (χ4v) is 1.85. The van der Waals surface area contributed by atoms with Crippen LogP contribution in [0.3, 0.4) is 0 Å². The lowest BCUT2D eigenvalue weighted by molar-refractivity contribution is -0.120. The molecule has 5 nitrogen and oxygen atoms in total. The summed E-state index contributed by atoms with van der Waals surface area (Å²) in [4.78, 5) is 23.3. The molecule has 0 saturated heterocycles. The first kappa shape index (κ1) is 17.1. The molecule has 1 atom stereocenters. The molecule has 1 aromatic rings. The molecule has 0 aliphatic rings. The molecule has 116 valence electrons. The lowest BCUT2D eigenvalue weighted by atomic mass is 10.0. The molecule has 2 amide bonds. The average Bonchev–Trinajstić information content (AvgIpc) is 2.48. The molecule has 0 spiro atoms. The third-order valence-electron chi connectivity index (χ3n) is 3.20. The highest BCUT2D eigenvalue weighted by atomic mass is 19.1. The second kappa shape index (κ2) is 9.07. The molecule has 0 fully saturated rings. The molecule has 0 bridgehead atoms. The van der Waals surface area contributed by atoms with Gasteiger partial charge in [-0.15, -0.1) is 0 Å². The van der Waals surface area contributed by atoms with Crippen LogP contribution in [0.4, 0.5) is 4.39 Å². The normalized spacial score (nSPS) is 11.8. The van der Waals surface area contributed by atoms with Crippen molar-refractivity contribution < 1.29 is 19.1 Å². The van der Waals surface area contributed by atoms with Gasteiger partial charge in [-0.2, -0.15) is 0 Å². The summed E-state index contributed by atoms with van der Waals surface area (Å²) in [6.45, 7) is 2.37. The zero-order chi connectivity index (χ0) is 15.7. The second-order valence-electron chi connectivity index (χ2n) is 4.78. The summed E-state index contributed by atoms with van der Waals surface area (Å²) in [6.07, 6.45) is 1.49. The molecule has 1 unspecified atom stereocenters. The molecule has 0 saturated carbocycles. The van der Waals surface area contributed by atoms with E-state index in [9.17, 15) is 14.0 Å². The van der Waals surface area contributed by atoms with Crippen molar-refractivity contribution in [2.75, 3.05) is 19.7 Å². The van der Waals surface area contributed by atoms with Crippen LogP contribution in [-0.2, 0) is 4.79 Å². The Balaban J connectivity index is 2.34. The van der Waals surface area contributed by atoms with Crippen molar-refractivity contribution in [2.45, 2.75) is 19.8 Å². The summed E-state index contributed by atoms with van der Waals surface area (Å²) >= 11 is 0. The van der Waals surface area contributed by atoms with Crippen LogP contribution in [0.1, 0.15) is 30.1 Å². The van der Waals surface area contributed by atoms with Crippen molar-refractivity contribution in [3.8, 4) is 0 Å². The van der Waals surface area contributed by atoms with Crippen molar-refractivity contribution in [3.05, 3.63) is 35.6 Å². The van der Waals surface area contributed by atoms with E-state index in [0.717, 1.165) is 12.5 Å². The van der Waals surface area contributed by atoms with Gasteiger partial charge in [-0.25, -0.2) is 4.39 Å². The second-order valence-corrected chi connectivity index (χ2v) is 4.78. The molecule has 1 aromatic carbocycles. The SMILES string of the molecule is CCC(CCO)CNC(=O)CNC(=O)c1cccc(F)c1. The lowest BCUT2D eigenvalue weighted by Gasteiger charge is -2.14. The van der Waals surface area contributed by atoms with Crippen molar-refractivity contribution in [3.63, 3.8) is 0 Å². The number of carbonyl (C=O) groups is 2. The first-order valence-electron chi connectivity index (χ1n) is 6.98. The smallest absolute Gasteiger partial charge is 0.251 e. The van der Waals surface area contributed by atoms with Gasteiger partial charge in [0.1, 0.15) is 5.82 Å². The number of hydrogen-bond donors (Lipinski definition) is 3. The van der Waals surface area contributed by atoms with E-state index in [4.69, 9.17) is 5.11 Å². The van der Waals surface area contributed by atoms with Crippen LogP contribution in [-0.4, -0.2) is 36.6 Å². The highest BCUT2D eigenvalue weighted by molar-refractivity contribution is 5.96. The van der Waals surface area contributed by atoms with Crippen LogP contribution >= 0.6 is 0 Å². The van der Waals surface area contributed by atoms with Gasteiger partial charge in [-0.3, -0.25) is 9.59 Å². The molecule has 0 aliphatic heterocycles. The van der Waals surface area contributed by atoms with Gasteiger partial charge in [0.15, 0.2) is 0 Å². The Morgan fingerprint density at radius 3 is 2.71 bits per heavy atom. The molecule has 1 rings (SSSR count). The summed E-state index contributed by atoms with van der Waals surface area (Å²) in [5.74, 6) is -1.08. The standard InChI is InChI=1S/C15H21FN2O3/c1-2-11(6-7-19)9-17-14(20)10-18-15(21)12-4-3-5-13(16)8-12/h3-5,8,11,19H,2,6-7,9-10H2,1H3,(H,17,20)(H,18,21). The van der Waals surface area contributed by atoms with Crippen molar-refractivity contribution in [2.24, 2.45) is 5.92 Å². The molecule has 0 radical (unpaired) electrons. The summed E-state index contributed by atoms with van der Waals surface area (Å²) < 4.78 is 13.0. The maximum absolute atomic E-state index is 13.0. The largest absolute Gasteiger partial charge is 0.396 e. The average molecular weight is 296 g/mol. The number of halogens is 1. The van der Waals surface area contributed by atoms with Crippen LogP contribution in [0.15, 0.2) is 24.3 Å². The Hall–Kier alpha value is -1.95. The summed E-state index contributed by atoms with van der Waals surface area (Å²) in [5, 5.41) is 14.0. The number of aliphatic hydroxyl groups excluding tert-OH is 1. The van der Waals surface area contributed by atoms with Crippen molar-refractivity contribution in [1.82, 2.24) is 10.6 Å². The Morgan fingerprint density at radius 1 is 1.33 bits per heavy atom. The molecule has 21 heavy (non-hydrogen) atoms. The predicted octanol–water partition coefficient (Wildman–Crippen LogP) is 1.08. The monoisotopic (exact) mass is 296 g/mol. The summed E-state index contributed by atoms with van der Waals surface area (Å²) in [6, 6.07) is 5.27. The van der Waals surface area contributed by atoms with Crippen LogP contribution in [0.25, 0.3) is 0 Å². The summed E-state index contributed by atoms with van der Waals surface area (Å²) in [7, 11) is 0. The number of benzene rings is 1. The minimum Gasteiger partial charge on any atom is -0.396 e. The minimum absolute atomic E-state index is 0.0880. The lowest BCUT2D eigenvalue weighted by Crippen LogP contribution is -2.39. The third-order valence-corrected chi connectivity index (χ3v) is 3.20. The van der Waals surface area contributed by atoms with Gasteiger partial charge in [0.25, 0.3) is 5.91 Å². The van der Waals surface area contributed by atoms with E-state index in [2.05, 4.69) is 10.6 Å². The molecule has 3 N–H and O–H groups in total. The predicted molar refractivity (Wildman–Crippen MR) is 77.2 cm³/mol. The fraction of sp³-hybridized carbons (Fsp3) is 0.467. The minimum atomic E-state index is -0.498. The van der Waals surface area contributed by atoms with Crippen LogP contribution in [0.5, 0.6) is 0 Å². The fourth-order valence-electron chi connectivity index (χ4n) is 1.85. The van der Waals surface area contributed by atoms with Gasteiger partial charge < -0.3 is 15.7 Å². The van der Waals surface area contributed by atoms with Gasteiger partial charge in [-0.1, -0.05) is 19.4 Å². The molecule has 0 heterocycles. The Bertz CT molecular complexity index is 480. The maximum atomic E-state index is 13.0. The quantitative estimate of drug-likeness (QED) is 0.672. The van der Waals surface area contributed by atoms with Gasteiger partial charge in [0, 0.05) is 18.7 Å². The maximum Gasteiger partial charge on any atom is 0.251 e. The van der Waals surface area contributed by atoms with Gasteiger partial charge in [0.2, 0.25) is 5.91 Å². The Kier molecular flexibility index (Phi) is 7.39. The number of carbonyl (C=O) groups excluding carboxylic acids is 2. The number of rotatable bonds is 8. The van der Waals surface area contributed by atoms with E-state index >= 15 is 0 Å². The topological polar surface area (TPSA) is 78.4 Å². The molecule has 0 aliphatic carbocycles. The van der Waals surface area contributed by atoms with Crippen LogP contribution < -0.4 is 10.6 Å². The molecular formula is C15H21FN2O3. The summed E-state index contributed by atoms with van der Waals surface area (Å²) in [5.41, 5.74) is 0.175. The first-order chi connectivity index (χ1) is 10.1. The third kappa shape index (κ3) is 6.35. The zero-order valence-electron chi connectivity index (χ0n) is 12.1. The van der Waals surface area contributed by atoms with Crippen LogP contribution in [0, 0.1) is 11.7 Å². The van der Waals surface area contributed by atoms with E-state index in [1.54, 1.807) is 0 Å². The number of nitrogens with one attached hydrogen (secondary N) is 2. The highest BCUT2D eigenvalue weighted by Gasteiger charge is 2.10. The number of hydrogen-bond acceptors (Lipinski definition) is 3. The van der Waals surface area contributed by atoms with E-state index in [1.165, 1.54) is 18.2 Å². The Labute approximate surface area is 123 Å². The zero-order valence-corrected chi connectivity index (χ0v) is 12.1. The first-order valence-corrected chi connectivity index (χ1v) is 6.98. The van der Waals surface area contributed by atoms with E-state index in [-0.39, 0.29) is 30.5 Å². The van der Waals surface area contributed by atoms with Gasteiger partial charge >= 0.3 is 0 Å². The molecular weight excluding hydrogens is 275 g/mol. The van der Waals surface area contributed by atoms with Crippen LogP contribution in [0.2, 0.25) is 0 Å².